The Morgan fingerprint density at radius 2 is 1.92 bits per heavy atom. The molecule has 2 fully saturated rings. The van der Waals surface area contributed by atoms with Crippen LogP contribution in [0.25, 0.3) is 0 Å². The minimum absolute atomic E-state index is 0.00854. The topological polar surface area (TPSA) is 43.8 Å². The number of alkyl halides is 3. The highest BCUT2D eigenvalue weighted by atomic mass is 19.4. The summed E-state index contributed by atoms with van der Waals surface area (Å²) in [6.45, 7) is 1.92. The molecule has 2 aliphatic rings. The Labute approximate surface area is 145 Å². The molecule has 25 heavy (non-hydrogen) atoms. The standard InChI is InChI=1S/C18H23F3N2O2/c19-18(20,21)14-6-4-5-13(9-14)16-10-15(24)11-23(16)12-17(25)22-7-2-1-3-8-22/h4-6,9,15-16,24H,1-3,7-8,10-12H2/t15-,16+/m1/s1. The van der Waals surface area contributed by atoms with E-state index in [0.717, 1.165) is 44.5 Å². The van der Waals surface area contributed by atoms with Crippen LogP contribution in [0.5, 0.6) is 0 Å². The zero-order chi connectivity index (χ0) is 18.0. The Kier molecular flexibility index (Phi) is 5.34. The van der Waals surface area contributed by atoms with Crippen molar-refractivity contribution in [2.75, 3.05) is 26.2 Å². The molecule has 4 nitrogen and oxygen atoms in total. The molecule has 0 radical (unpaired) electrons. The zero-order valence-corrected chi connectivity index (χ0v) is 14.0. The summed E-state index contributed by atoms with van der Waals surface area (Å²) in [5, 5.41) is 9.99. The lowest BCUT2D eigenvalue weighted by Gasteiger charge is -2.30. The minimum Gasteiger partial charge on any atom is -0.392 e. The average Bonchev–Trinajstić information content (AvgIpc) is 2.95. The van der Waals surface area contributed by atoms with Crippen molar-refractivity contribution >= 4 is 5.91 Å². The Bertz CT molecular complexity index is 615. The highest BCUT2D eigenvalue weighted by Gasteiger charge is 2.36. The number of hydrogen-bond donors (Lipinski definition) is 1. The van der Waals surface area contributed by atoms with Gasteiger partial charge in [-0.2, -0.15) is 13.2 Å². The number of amides is 1. The fraction of sp³-hybridized carbons (Fsp3) is 0.611. The van der Waals surface area contributed by atoms with Crippen LogP contribution in [-0.2, 0) is 11.0 Å². The van der Waals surface area contributed by atoms with E-state index in [-0.39, 0.29) is 18.5 Å². The third-order valence-corrected chi connectivity index (χ3v) is 5.03. The van der Waals surface area contributed by atoms with Crippen molar-refractivity contribution < 1.29 is 23.1 Å². The van der Waals surface area contributed by atoms with Crippen LogP contribution >= 0.6 is 0 Å². The molecule has 1 N–H and O–H groups in total. The van der Waals surface area contributed by atoms with Crippen LogP contribution < -0.4 is 0 Å². The SMILES string of the molecule is O=C(CN1C[C@H](O)C[C@H]1c1cccc(C(F)(F)F)c1)N1CCCCC1. The maximum Gasteiger partial charge on any atom is 0.416 e. The Morgan fingerprint density at radius 1 is 1.20 bits per heavy atom. The molecule has 3 rings (SSSR count). The van der Waals surface area contributed by atoms with Gasteiger partial charge in [0.25, 0.3) is 0 Å². The molecule has 2 saturated heterocycles. The summed E-state index contributed by atoms with van der Waals surface area (Å²) in [5.41, 5.74) is -0.202. The molecule has 2 aliphatic heterocycles. The lowest BCUT2D eigenvalue weighted by atomic mass is 10.0. The monoisotopic (exact) mass is 356 g/mol. The summed E-state index contributed by atoms with van der Waals surface area (Å²) in [6, 6.07) is 4.81. The number of halogens is 3. The van der Waals surface area contributed by atoms with E-state index < -0.39 is 17.8 Å². The van der Waals surface area contributed by atoms with Crippen LogP contribution in [0.1, 0.15) is 42.9 Å². The summed E-state index contributed by atoms with van der Waals surface area (Å²) in [7, 11) is 0. The number of rotatable bonds is 3. The normalized spacial score (nSPS) is 25.4. The third kappa shape index (κ3) is 4.33. The van der Waals surface area contributed by atoms with Gasteiger partial charge in [-0.3, -0.25) is 9.69 Å². The molecule has 0 unspecified atom stereocenters. The number of nitrogens with zero attached hydrogens (tertiary/aromatic N) is 2. The number of carbonyl (C=O) groups is 1. The van der Waals surface area contributed by atoms with Crippen LogP contribution in [0.2, 0.25) is 0 Å². The number of aliphatic hydroxyl groups excluding tert-OH is 1. The van der Waals surface area contributed by atoms with Gasteiger partial charge >= 0.3 is 6.18 Å². The first-order chi connectivity index (χ1) is 11.8. The number of carbonyl (C=O) groups excluding carboxylic acids is 1. The second-order valence-corrected chi connectivity index (χ2v) is 6.90. The summed E-state index contributed by atoms with van der Waals surface area (Å²) in [5.74, 6) is -0.00854. The molecular weight excluding hydrogens is 333 g/mol. The molecule has 0 aromatic heterocycles. The van der Waals surface area contributed by atoms with Gasteiger partial charge in [0.1, 0.15) is 0 Å². The van der Waals surface area contributed by atoms with E-state index in [1.54, 1.807) is 11.0 Å². The van der Waals surface area contributed by atoms with Crippen molar-refractivity contribution in [2.45, 2.75) is 44.0 Å². The fourth-order valence-corrected chi connectivity index (χ4v) is 3.74. The smallest absolute Gasteiger partial charge is 0.392 e. The van der Waals surface area contributed by atoms with Crippen molar-refractivity contribution in [2.24, 2.45) is 0 Å². The average molecular weight is 356 g/mol. The van der Waals surface area contributed by atoms with Gasteiger partial charge in [-0.1, -0.05) is 12.1 Å². The van der Waals surface area contributed by atoms with E-state index in [4.69, 9.17) is 0 Å². The van der Waals surface area contributed by atoms with Crippen LogP contribution in [0.3, 0.4) is 0 Å². The van der Waals surface area contributed by atoms with Crippen molar-refractivity contribution in [3.63, 3.8) is 0 Å². The molecule has 2 heterocycles. The molecule has 7 heteroatoms. The molecule has 0 aliphatic carbocycles. The van der Waals surface area contributed by atoms with E-state index in [2.05, 4.69) is 0 Å². The van der Waals surface area contributed by atoms with Crippen LogP contribution in [-0.4, -0.2) is 53.1 Å². The first-order valence-electron chi connectivity index (χ1n) is 8.71. The number of aliphatic hydroxyl groups is 1. The fourth-order valence-electron chi connectivity index (χ4n) is 3.74. The highest BCUT2D eigenvalue weighted by molar-refractivity contribution is 5.78. The number of piperidine rings is 1. The highest BCUT2D eigenvalue weighted by Crippen LogP contribution is 2.36. The van der Waals surface area contributed by atoms with E-state index in [9.17, 15) is 23.1 Å². The summed E-state index contributed by atoms with van der Waals surface area (Å²) in [4.78, 5) is 16.1. The largest absolute Gasteiger partial charge is 0.416 e. The predicted octanol–water partition coefficient (Wildman–Crippen LogP) is 2.83. The molecule has 0 saturated carbocycles. The number of likely N-dealkylation sites (tertiary alicyclic amines) is 2. The van der Waals surface area contributed by atoms with Gasteiger partial charge in [0, 0.05) is 25.7 Å². The Balaban J connectivity index is 1.74. The summed E-state index contributed by atoms with van der Waals surface area (Å²) in [6.07, 6.45) is -1.58. The second kappa shape index (κ2) is 7.33. The van der Waals surface area contributed by atoms with Crippen molar-refractivity contribution in [1.29, 1.82) is 0 Å². The van der Waals surface area contributed by atoms with Gasteiger partial charge in [-0.15, -0.1) is 0 Å². The van der Waals surface area contributed by atoms with Gasteiger partial charge in [0.15, 0.2) is 0 Å². The van der Waals surface area contributed by atoms with Crippen LogP contribution in [0, 0.1) is 0 Å². The quantitative estimate of drug-likeness (QED) is 0.906. The van der Waals surface area contributed by atoms with Gasteiger partial charge in [0.05, 0.1) is 18.2 Å². The van der Waals surface area contributed by atoms with Gasteiger partial charge < -0.3 is 10.0 Å². The first-order valence-corrected chi connectivity index (χ1v) is 8.71. The van der Waals surface area contributed by atoms with E-state index >= 15 is 0 Å². The number of hydrogen-bond acceptors (Lipinski definition) is 3. The molecular formula is C18H23F3N2O2. The molecule has 1 aromatic rings. The number of benzene rings is 1. The molecule has 0 spiro atoms. The summed E-state index contributed by atoms with van der Waals surface area (Å²) >= 11 is 0. The lowest BCUT2D eigenvalue weighted by Crippen LogP contribution is -2.42. The second-order valence-electron chi connectivity index (χ2n) is 6.90. The molecule has 1 amide bonds. The van der Waals surface area contributed by atoms with Gasteiger partial charge in [-0.05, 0) is 43.4 Å². The van der Waals surface area contributed by atoms with Gasteiger partial charge in [-0.25, -0.2) is 0 Å². The minimum atomic E-state index is -4.40. The lowest BCUT2D eigenvalue weighted by molar-refractivity contribution is -0.138. The molecule has 2 atom stereocenters. The van der Waals surface area contributed by atoms with E-state index in [1.165, 1.54) is 6.07 Å². The van der Waals surface area contributed by atoms with Crippen molar-refractivity contribution in [3.05, 3.63) is 35.4 Å². The molecule has 138 valence electrons. The van der Waals surface area contributed by atoms with E-state index in [1.807, 2.05) is 4.90 Å². The van der Waals surface area contributed by atoms with Crippen LogP contribution in [0.4, 0.5) is 13.2 Å². The zero-order valence-electron chi connectivity index (χ0n) is 14.0. The predicted molar refractivity (Wildman–Crippen MR) is 86.8 cm³/mol. The third-order valence-electron chi connectivity index (χ3n) is 5.03. The van der Waals surface area contributed by atoms with Crippen molar-refractivity contribution in [1.82, 2.24) is 9.80 Å². The first kappa shape index (κ1) is 18.2. The van der Waals surface area contributed by atoms with Crippen LogP contribution in [0.15, 0.2) is 24.3 Å². The number of β-amino-alcohol motifs (C(OH)–C–C–N with tert-alkyl or cyclic N) is 1. The van der Waals surface area contributed by atoms with Crippen molar-refractivity contribution in [3.8, 4) is 0 Å². The van der Waals surface area contributed by atoms with E-state index in [0.29, 0.717) is 18.5 Å². The maximum absolute atomic E-state index is 13.0. The maximum atomic E-state index is 13.0. The summed E-state index contributed by atoms with van der Waals surface area (Å²) < 4.78 is 38.9. The Hall–Kier alpha value is -1.60. The molecule has 0 bridgehead atoms. The van der Waals surface area contributed by atoms with Gasteiger partial charge in [0.2, 0.25) is 5.91 Å². The Morgan fingerprint density at radius 3 is 2.60 bits per heavy atom. The molecule has 1 aromatic carbocycles.